The number of aryl methyl sites for hydroxylation is 1. The first kappa shape index (κ1) is 22.8. The Morgan fingerprint density at radius 2 is 1.71 bits per heavy atom. The largest absolute Gasteiger partial charge is 0.497 e. The highest BCUT2D eigenvalue weighted by molar-refractivity contribution is 5.94. The number of ketones is 1. The highest BCUT2D eigenvalue weighted by Gasteiger charge is 2.20. The SMILES string of the molecule is COc1ccc(CCC(=O)N2CCCN(Cc3cc(C(C)=O)ccc3OC)CC2)cc1. The number of hydrogen-bond acceptors (Lipinski definition) is 5. The third-order valence-corrected chi connectivity index (χ3v) is 5.81. The van der Waals surface area contributed by atoms with Gasteiger partial charge in [0.2, 0.25) is 5.91 Å². The van der Waals surface area contributed by atoms with E-state index in [1.807, 2.05) is 41.3 Å². The maximum Gasteiger partial charge on any atom is 0.222 e. The van der Waals surface area contributed by atoms with Crippen LogP contribution >= 0.6 is 0 Å². The molecular weight excluding hydrogens is 392 g/mol. The lowest BCUT2D eigenvalue weighted by Gasteiger charge is -2.23. The van der Waals surface area contributed by atoms with E-state index in [0.29, 0.717) is 18.5 Å². The molecular formula is C25H32N2O4. The van der Waals surface area contributed by atoms with Gasteiger partial charge in [-0.3, -0.25) is 14.5 Å². The van der Waals surface area contributed by atoms with Gasteiger partial charge >= 0.3 is 0 Å². The van der Waals surface area contributed by atoms with Gasteiger partial charge in [0.1, 0.15) is 11.5 Å². The molecule has 0 radical (unpaired) electrons. The van der Waals surface area contributed by atoms with E-state index in [4.69, 9.17) is 9.47 Å². The fourth-order valence-electron chi connectivity index (χ4n) is 3.94. The molecule has 1 aliphatic rings. The van der Waals surface area contributed by atoms with Crippen molar-refractivity contribution >= 4 is 11.7 Å². The Balaban J connectivity index is 1.54. The quantitative estimate of drug-likeness (QED) is 0.607. The van der Waals surface area contributed by atoms with Crippen molar-refractivity contribution in [3.8, 4) is 11.5 Å². The second kappa shape index (κ2) is 11.0. The summed E-state index contributed by atoms with van der Waals surface area (Å²) in [7, 11) is 3.30. The number of methoxy groups -OCH3 is 2. The summed E-state index contributed by atoms with van der Waals surface area (Å²) in [5.74, 6) is 1.87. The Labute approximate surface area is 184 Å². The maximum atomic E-state index is 12.8. The van der Waals surface area contributed by atoms with Crippen LogP contribution in [0.3, 0.4) is 0 Å². The van der Waals surface area contributed by atoms with Crippen molar-refractivity contribution < 1.29 is 19.1 Å². The lowest BCUT2D eigenvalue weighted by atomic mass is 10.1. The topological polar surface area (TPSA) is 59.1 Å². The Hall–Kier alpha value is -2.86. The fourth-order valence-corrected chi connectivity index (χ4v) is 3.94. The fraction of sp³-hybridized carbons (Fsp3) is 0.440. The van der Waals surface area contributed by atoms with Gasteiger partial charge in [-0.15, -0.1) is 0 Å². The number of rotatable bonds is 8. The van der Waals surface area contributed by atoms with Crippen LogP contribution in [-0.2, 0) is 17.8 Å². The molecule has 0 atom stereocenters. The molecule has 3 rings (SSSR count). The van der Waals surface area contributed by atoms with Crippen LogP contribution in [0.4, 0.5) is 0 Å². The van der Waals surface area contributed by atoms with E-state index in [2.05, 4.69) is 4.90 Å². The summed E-state index contributed by atoms with van der Waals surface area (Å²) in [6.45, 7) is 5.50. The summed E-state index contributed by atoms with van der Waals surface area (Å²) < 4.78 is 10.7. The summed E-state index contributed by atoms with van der Waals surface area (Å²) in [4.78, 5) is 28.8. The minimum Gasteiger partial charge on any atom is -0.497 e. The Morgan fingerprint density at radius 1 is 0.935 bits per heavy atom. The van der Waals surface area contributed by atoms with Crippen LogP contribution in [0.15, 0.2) is 42.5 Å². The smallest absolute Gasteiger partial charge is 0.222 e. The molecule has 1 saturated heterocycles. The number of amides is 1. The van der Waals surface area contributed by atoms with Crippen molar-refractivity contribution in [3.63, 3.8) is 0 Å². The minimum atomic E-state index is 0.0494. The highest BCUT2D eigenvalue weighted by Crippen LogP contribution is 2.23. The average molecular weight is 425 g/mol. The first-order valence-electron chi connectivity index (χ1n) is 10.8. The van der Waals surface area contributed by atoms with Crippen LogP contribution in [0, 0.1) is 0 Å². The molecule has 0 aromatic heterocycles. The Kier molecular flexibility index (Phi) is 8.06. The van der Waals surface area contributed by atoms with Gasteiger partial charge in [0.05, 0.1) is 14.2 Å². The third-order valence-electron chi connectivity index (χ3n) is 5.81. The van der Waals surface area contributed by atoms with Crippen molar-refractivity contribution in [2.24, 2.45) is 0 Å². The van der Waals surface area contributed by atoms with E-state index in [0.717, 1.165) is 61.6 Å². The molecule has 6 nitrogen and oxygen atoms in total. The molecule has 1 aliphatic heterocycles. The summed E-state index contributed by atoms with van der Waals surface area (Å²) in [6.07, 6.45) is 2.18. The zero-order valence-electron chi connectivity index (χ0n) is 18.7. The maximum absolute atomic E-state index is 12.8. The number of benzene rings is 2. The molecule has 166 valence electrons. The van der Waals surface area contributed by atoms with Crippen molar-refractivity contribution in [1.29, 1.82) is 0 Å². The summed E-state index contributed by atoms with van der Waals surface area (Å²) in [5.41, 5.74) is 2.85. The normalized spacial score (nSPS) is 14.7. The van der Waals surface area contributed by atoms with Crippen molar-refractivity contribution in [2.75, 3.05) is 40.4 Å². The van der Waals surface area contributed by atoms with Crippen LogP contribution in [0.1, 0.15) is 41.3 Å². The van der Waals surface area contributed by atoms with E-state index in [1.165, 1.54) is 0 Å². The number of Topliss-reactive ketones (excluding diaryl/α,β-unsaturated/α-hetero) is 1. The third kappa shape index (κ3) is 6.31. The molecule has 1 fully saturated rings. The monoisotopic (exact) mass is 424 g/mol. The zero-order valence-corrected chi connectivity index (χ0v) is 18.7. The predicted octanol–water partition coefficient (Wildman–Crippen LogP) is 3.57. The molecule has 1 amide bonds. The molecule has 0 spiro atoms. The molecule has 0 unspecified atom stereocenters. The van der Waals surface area contributed by atoms with Crippen molar-refractivity contribution in [1.82, 2.24) is 9.80 Å². The van der Waals surface area contributed by atoms with Gasteiger partial charge in [-0.05, 0) is 55.7 Å². The van der Waals surface area contributed by atoms with E-state index < -0.39 is 0 Å². The van der Waals surface area contributed by atoms with Crippen LogP contribution in [0.2, 0.25) is 0 Å². The zero-order chi connectivity index (χ0) is 22.2. The lowest BCUT2D eigenvalue weighted by molar-refractivity contribution is -0.131. The molecule has 0 aliphatic carbocycles. The first-order chi connectivity index (χ1) is 15.0. The predicted molar refractivity (Wildman–Crippen MR) is 121 cm³/mol. The van der Waals surface area contributed by atoms with Gasteiger partial charge in [0, 0.05) is 50.3 Å². The standard InChI is InChI=1S/C25H32N2O4/c1-19(28)21-8-11-24(31-3)22(17-21)18-26-13-4-14-27(16-15-26)25(29)12-7-20-5-9-23(30-2)10-6-20/h5-6,8-11,17H,4,7,12-16,18H2,1-3H3. The van der Waals surface area contributed by atoms with Gasteiger partial charge in [-0.2, -0.15) is 0 Å². The second-order valence-corrected chi connectivity index (χ2v) is 7.94. The van der Waals surface area contributed by atoms with E-state index in [-0.39, 0.29) is 11.7 Å². The molecule has 0 saturated carbocycles. The molecule has 1 heterocycles. The number of carbonyl (C=O) groups is 2. The molecule has 0 N–H and O–H groups in total. The number of hydrogen-bond donors (Lipinski definition) is 0. The Morgan fingerprint density at radius 3 is 2.39 bits per heavy atom. The second-order valence-electron chi connectivity index (χ2n) is 7.94. The van der Waals surface area contributed by atoms with Gasteiger partial charge in [0.15, 0.2) is 5.78 Å². The number of nitrogens with zero attached hydrogens (tertiary/aromatic N) is 2. The van der Waals surface area contributed by atoms with Gasteiger partial charge in [0.25, 0.3) is 0 Å². The van der Waals surface area contributed by atoms with E-state index in [9.17, 15) is 9.59 Å². The van der Waals surface area contributed by atoms with Gasteiger partial charge < -0.3 is 14.4 Å². The van der Waals surface area contributed by atoms with Crippen LogP contribution in [0.25, 0.3) is 0 Å². The van der Waals surface area contributed by atoms with Crippen molar-refractivity contribution in [2.45, 2.75) is 32.7 Å². The summed E-state index contributed by atoms with van der Waals surface area (Å²) in [5, 5.41) is 0. The number of ether oxygens (including phenoxy) is 2. The minimum absolute atomic E-state index is 0.0494. The average Bonchev–Trinajstić information content (AvgIpc) is 3.03. The van der Waals surface area contributed by atoms with E-state index >= 15 is 0 Å². The van der Waals surface area contributed by atoms with Crippen LogP contribution in [-0.4, -0.2) is 61.9 Å². The van der Waals surface area contributed by atoms with Gasteiger partial charge in [-0.25, -0.2) is 0 Å². The highest BCUT2D eigenvalue weighted by atomic mass is 16.5. The Bertz CT molecular complexity index is 895. The van der Waals surface area contributed by atoms with Gasteiger partial charge in [-0.1, -0.05) is 12.1 Å². The lowest BCUT2D eigenvalue weighted by Crippen LogP contribution is -2.35. The molecule has 0 bridgehead atoms. The van der Waals surface area contributed by atoms with Crippen LogP contribution in [0.5, 0.6) is 11.5 Å². The van der Waals surface area contributed by atoms with Crippen molar-refractivity contribution in [3.05, 3.63) is 59.2 Å². The summed E-state index contributed by atoms with van der Waals surface area (Å²) in [6, 6.07) is 13.5. The first-order valence-corrected chi connectivity index (χ1v) is 10.8. The van der Waals surface area contributed by atoms with Crippen LogP contribution < -0.4 is 9.47 Å². The van der Waals surface area contributed by atoms with E-state index in [1.54, 1.807) is 27.2 Å². The number of carbonyl (C=O) groups excluding carboxylic acids is 2. The summed E-state index contributed by atoms with van der Waals surface area (Å²) >= 11 is 0. The molecule has 2 aromatic rings. The molecule has 6 heteroatoms. The molecule has 2 aromatic carbocycles. The molecule has 31 heavy (non-hydrogen) atoms.